The second kappa shape index (κ2) is 16.6. The quantitative estimate of drug-likeness (QED) is 0.248. The molecular formula is C23H37NO2. The lowest BCUT2D eigenvalue weighted by molar-refractivity contribution is -0.117. The first-order valence-electron chi connectivity index (χ1n) is 9.83. The summed E-state index contributed by atoms with van der Waals surface area (Å²) in [6, 6.07) is 0. The summed E-state index contributed by atoms with van der Waals surface area (Å²) in [5.74, 6) is -0.184. The molecule has 0 bridgehead atoms. The smallest absolute Gasteiger partial charge is 0.244 e. The molecule has 0 spiro atoms. The molecule has 3 nitrogen and oxygen atoms in total. The topological polar surface area (TPSA) is 49.3 Å². The van der Waals surface area contributed by atoms with Crippen LogP contribution in [0.15, 0.2) is 60.8 Å². The Balaban J connectivity index is 3.87. The van der Waals surface area contributed by atoms with Crippen molar-refractivity contribution in [2.75, 3.05) is 6.54 Å². The fourth-order valence-corrected chi connectivity index (χ4v) is 2.14. The number of carbonyl (C=O) groups excluding carboxylic acids is 1. The molecule has 146 valence electrons. The van der Waals surface area contributed by atoms with E-state index in [4.69, 9.17) is 0 Å². The van der Waals surface area contributed by atoms with Crippen molar-refractivity contribution in [3.05, 3.63) is 60.8 Å². The Labute approximate surface area is 160 Å². The van der Waals surface area contributed by atoms with Crippen molar-refractivity contribution in [2.45, 2.75) is 71.3 Å². The van der Waals surface area contributed by atoms with Crippen LogP contribution in [0.5, 0.6) is 0 Å². The Morgan fingerprint density at radius 3 is 2.08 bits per heavy atom. The van der Waals surface area contributed by atoms with Gasteiger partial charge in [0.15, 0.2) is 0 Å². The van der Waals surface area contributed by atoms with Gasteiger partial charge in [-0.15, -0.1) is 0 Å². The van der Waals surface area contributed by atoms with Crippen molar-refractivity contribution in [1.29, 1.82) is 0 Å². The summed E-state index contributed by atoms with van der Waals surface area (Å²) < 4.78 is 0. The lowest BCUT2D eigenvalue weighted by Crippen LogP contribution is -2.39. The number of nitrogens with one attached hydrogen (secondary N) is 1. The van der Waals surface area contributed by atoms with Crippen molar-refractivity contribution in [3.63, 3.8) is 0 Å². The van der Waals surface area contributed by atoms with Gasteiger partial charge in [-0.1, -0.05) is 87.8 Å². The van der Waals surface area contributed by atoms with Crippen LogP contribution >= 0.6 is 0 Å². The Hall–Kier alpha value is -1.87. The van der Waals surface area contributed by atoms with Crippen LogP contribution in [0.1, 0.15) is 65.7 Å². The van der Waals surface area contributed by atoms with E-state index in [2.05, 4.69) is 49.5 Å². The van der Waals surface area contributed by atoms with Crippen LogP contribution in [-0.4, -0.2) is 23.2 Å². The Morgan fingerprint density at radius 2 is 1.46 bits per heavy atom. The van der Waals surface area contributed by atoms with E-state index >= 15 is 0 Å². The van der Waals surface area contributed by atoms with Gasteiger partial charge >= 0.3 is 0 Å². The number of aliphatic hydroxyl groups is 1. The molecule has 1 atom stereocenters. The summed E-state index contributed by atoms with van der Waals surface area (Å²) in [6.07, 6.45) is 26.6. The first-order valence-corrected chi connectivity index (χ1v) is 9.83. The molecule has 0 heterocycles. The molecule has 0 aromatic carbocycles. The van der Waals surface area contributed by atoms with Gasteiger partial charge < -0.3 is 10.4 Å². The number of amides is 1. The summed E-state index contributed by atoms with van der Waals surface area (Å²) in [6.45, 7) is 6.29. The highest BCUT2D eigenvalue weighted by Gasteiger charge is 2.19. The minimum atomic E-state index is -0.835. The first kappa shape index (κ1) is 24.1. The van der Waals surface area contributed by atoms with Crippen LogP contribution in [0.4, 0.5) is 0 Å². The van der Waals surface area contributed by atoms with E-state index in [1.807, 2.05) is 18.2 Å². The molecule has 0 aliphatic rings. The molecule has 0 rings (SSSR count). The molecule has 2 N–H and O–H groups in total. The van der Waals surface area contributed by atoms with E-state index in [0.29, 0.717) is 6.42 Å². The van der Waals surface area contributed by atoms with Crippen LogP contribution in [0.25, 0.3) is 0 Å². The maximum atomic E-state index is 11.7. The molecule has 26 heavy (non-hydrogen) atoms. The number of carbonyl (C=O) groups is 1. The van der Waals surface area contributed by atoms with Crippen molar-refractivity contribution >= 4 is 5.91 Å². The summed E-state index contributed by atoms with van der Waals surface area (Å²) in [4.78, 5) is 11.7. The average molecular weight is 360 g/mol. The molecule has 0 saturated heterocycles. The second-order valence-corrected chi connectivity index (χ2v) is 6.71. The van der Waals surface area contributed by atoms with E-state index in [1.54, 1.807) is 13.0 Å². The third-order valence-electron chi connectivity index (χ3n) is 3.77. The monoisotopic (exact) mass is 359 g/mol. The summed E-state index contributed by atoms with van der Waals surface area (Å²) in [5, 5.41) is 12.8. The predicted octanol–water partition coefficient (Wildman–Crippen LogP) is 5.41. The van der Waals surface area contributed by atoms with E-state index < -0.39 is 5.60 Å². The molecule has 0 aliphatic heterocycles. The molecule has 3 heteroatoms. The SMILES string of the molecule is CCCC=CC=CCCC=CC=CC=CC(=O)NCC(C)(O)CCCC. The Kier molecular flexibility index (Phi) is 15.4. The zero-order valence-corrected chi connectivity index (χ0v) is 16.8. The van der Waals surface area contributed by atoms with Crippen LogP contribution in [-0.2, 0) is 4.79 Å². The molecule has 0 radical (unpaired) electrons. The first-order chi connectivity index (χ1) is 12.5. The Morgan fingerprint density at radius 1 is 0.885 bits per heavy atom. The van der Waals surface area contributed by atoms with Crippen molar-refractivity contribution in [2.24, 2.45) is 0 Å². The van der Waals surface area contributed by atoms with Crippen molar-refractivity contribution in [3.8, 4) is 0 Å². The largest absolute Gasteiger partial charge is 0.388 e. The van der Waals surface area contributed by atoms with Crippen LogP contribution in [0.3, 0.4) is 0 Å². The van der Waals surface area contributed by atoms with Gasteiger partial charge in [-0.3, -0.25) is 4.79 Å². The maximum Gasteiger partial charge on any atom is 0.244 e. The van der Waals surface area contributed by atoms with Crippen molar-refractivity contribution < 1.29 is 9.90 Å². The molecule has 0 saturated carbocycles. The highest BCUT2D eigenvalue weighted by molar-refractivity contribution is 5.87. The van der Waals surface area contributed by atoms with Crippen LogP contribution in [0, 0.1) is 0 Å². The van der Waals surface area contributed by atoms with Gasteiger partial charge in [0.2, 0.25) is 5.91 Å². The standard InChI is InChI=1S/C23H37NO2/c1-4-6-8-9-10-11-12-13-14-15-16-17-18-19-22(25)24-21-23(3,26)20-7-5-2/h8-11,14-19,26H,4-7,12-13,20-21H2,1-3H3,(H,24,25). The zero-order chi connectivity index (χ0) is 19.5. The number of allylic oxidation sites excluding steroid dienone is 9. The van der Waals surface area contributed by atoms with E-state index in [-0.39, 0.29) is 12.5 Å². The van der Waals surface area contributed by atoms with E-state index in [1.165, 1.54) is 12.5 Å². The fraction of sp³-hybridized carbons (Fsp3) is 0.522. The van der Waals surface area contributed by atoms with Crippen LogP contribution in [0.2, 0.25) is 0 Å². The fourth-order valence-electron chi connectivity index (χ4n) is 2.14. The van der Waals surface area contributed by atoms with E-state index in [9.17, 15) is 9.90 Å². The Bertz CT molecular complexity index is 496. The van der Waals surface area contributed by atoms with Gasteiger partial charge in [0.05, 0.1) is 5.60 Å². The number of rotatable bonds is 14. The zero-order valence-electron chi connectivity index (χ0n) is 16.8. The molecule has 0 aromatic heterocycles. The van der Waals surface area contributed by atoms with Gasteiger partial charge in [-0.25, -0.2) is 0 Å². The molecular weight excluding hydrogens is 322 g/mol. The molecule has 0 aliphatic carbocycles. The summed E-state index contributed by atoms with van der Waals surface area (Å²) in [7, 11) is 0. The third-order valence-corrected chi connectivity index (χ3v) is 3.77. The van der Waals surface area contributed by atoms with Gasteiger partial charge in [0.25, 0.3) is 0 Å². The van der Waals surface area contributed by atoms with Gasteiger partial charge in [0, 0.05) is 12.6 Å². The number of hydrogen-bond acceptors (Lipinski definition) is 2. The number of unbranched alkanes of at least 4 members (excludes halogenated alkanes) is 3. The lowest BCUT2D eigenvalue weighted by atomic mass is 9.99. The summed E-state index contributed by atoms with van der Waals surface area (Å²) in [5.41, 5.74) is -0.835. The second-order valence-electron chi connectivity index (χ2n) is 6.71. The third kappa shape index (κ3) is 17.0. The highest BCUT2D eigenvalue weighted by atomic mass is 16.3. The normalized spacial score (nSPS) is 15.1. The lowest BCUT2D eigenvalue weighted by Gasteiger charge is -2.22. The van der Waals surface area contributed by atoms with Gasteiger partial charge in [-0.2, -0.15) is 0 Å². The molecule has 0 fully saturated rings. The minimum absolute atomic E-state index is 0.184. The van der Waals surface area contributed by atoms with E-state index in [0.717, 1.165) is 32.1 Å². The molecule has 0 aromatic rings. The van der Waals surface area contributed by atoms with Gasteiger partial charge in [-0.05, 0) is 32.6 Å². The number of hydrogen-bond donors (Lipinski definition) is 2. The summed E-state index contributed by atoms with van der Waals surface area (Å²) >= 11 is 0. The van der Waals surface area contributed by atoms with Crippen LogP contribution < -0.4 is 5.32 Å². The average Bonchev–Trinajstić information content (AvgIpc) is 2.62. The van der Waals surface area contributed by atoms with Gasteiger partial charge in [0.1, 0.15) is 0 Å². The predicted molar refractivity (Wildman–Crippen MR) is 113 cm³/mol. The molecule has 1 unspecified atom stereocenters. The maximum absolute atomic E-state index is 11.7. The van der Waals surface area contributed by atoms with Crippen molar-refractivity contribution in [1.82, 2.24) is 5.32 Å². The highest BCUT2D eigenvalue weighted by Crippen LogP contribution is 2.11. The minimum Gasteiger partial charge on any atom is -0.388 e. The molecule has 1 amide bonds.